The van der Waals surface area contributed by atoms with Crippen molar-refractivity contribution < 1.29 is 9.84 Å². The van der Waals surface area contributed by atoms with E-state index in [1.54, 1.807) is 0 Å². The zero-order valence-electron chi connectivity index (χ0n) is 11.6. The first-order valence-corrected chi connectivity index (χ1v) is 6.64. The lowest BCUT2D eigenvalue weighted by atomic mass is 10.1. The van der Waals surface area contributed by atoms with E-state index in [2.05, 4.69) is 12.2 Å². The number of nitrogens with one attached hydrogen (secondary N) is 1. The van der Waals surface area contributed by atoms with Crippen molar-refractivity contribution >= 4 is 0 Å². The molecule has 0 radical (unpaired) electrons. The van der Waals surface area contributed by atoms with Gasteiger partial charge in [0.1, 0.15) is 11.8 Å². The molecule has 1 rings (SSSR count). The molecule has 1 aromatic rings. The van der Waals surface area contributed by atoms with Crippen molar-refractivity contribution in [2.45, 2.75) is 38.8 Å². The van der Waals surface area contributed by atoms with Crippen LogP contribution in [0.25, 0.3) is 0 Å². The Morgan fingerprint density at radius 3 is 2.58 bits per heavy atom. The highest BCUT2D eigenvalue weighted by Crippen LogP contribution is 2.17. The summed E-state index contributed by atoms with van der Waals surface area (Å²) in [6, 6.07) is 9.95. The lowest BCUT2D eigenvalue weighted by Gasteiger charge is -2.15. The third kappa shape index (κ3) is 6.23. The number of ether oxygens (including phenoxy) is 1. The van der Waals surface area contributed by atoms with E-state index in [0.717, 1.165) is 19.4 Å². The predicted octanol–water partition coefficient (Wildman–Crippen LogP) is 2.40. The van der Waals surface area contributed by atoms with Crippen molar-refractivity contribution in [3.8, 4) is 11.8 Å². The second-order valence-electron chi connectivity index (χ2n) is 4.68. The zero-order valence-corrected chi connectivity index (χ0v) is 11.6. The first-order valence-electron chi connectivity index (χ1n) is 6.64. The van der Waals surface area contributed by atoms with E-state index in [0.29, 0.717) is 5.75 Å². The van der Waals surface area contributed by atoms with Gasteiger partial charge < -0.3 is 15.2 Å². The van der Waals surface area contributed by atoms with Gasteiger partial charge in [0.2, 0.25) is 0 Å². The van der Waals surface area contributed by atoms with Gasteiger partial charge >= 0.3 is 0 Å². The number of nitriles is 1. The number of hydrogen-bond donors (Lipinski definition) is 2. The van der Waals surface area contributed by atoms with Crippen molar-refractivity contribution in [3.63, 3.8) is 0 Å². The molecule has 2 unspecified atom stereocenters. The van der Waals surface area contributed by atoms with E-state index in [1.165, 1.54) is 5.56 Å². The molecule has 0 fully saturated rings. The van der Waals surface area contributed by atoms with E-state index in [-0.39, 0.29) is 18.8 Å². The van der Waals surface area contributed by atoms with E-state index >= 15 is 0 Å². The first-order chi connectivity index (χ1) is 9.13. The summed E-state index contributed by atoms with van der Waals surface area (Å²) >= 11 is 0. The van der Waals surface area contributed by atoms with Gasteiger partial charge in [-0.2, -0.15) is 5.26 Å². The lowest BCUT2D eigenvalue weighted by molar-refractivity contribution is 0.181. The Labute approximate surface area is 115 Å². The molecule has 2 N–H and O–H groups in total. The SMILES string of the molecule is CC(O)CCCNC(C)c1ccc(OCC#N)cc1. The predicted molar refractivity (Wildman–Crippen MR) is 74.9 cm³/mol. The Kier molecular flexibility index (Phi) is 6.94. The molecule has 4 nitrogen and oxygen atoms in total. The van der Waals surface area contributed by atoms with Gasteiger partial charge in [-0.25, -0.2) is 0 Å². The van der Waals surface area contributed by atoms with Gasteiger partial charge in [0, 0.05) is 6.04 Å². The van der Waals surface area contributed by atoms with E-state index in [1.807, 2.05) is 37.3 Å². The molecule has 0 aromatic heterocycles. The summed E-state index contributed by atoms with van der Waals surface area (Å²) in [6.07, 6.45) is 1.56. The number of aliphatic hydroxyl groups is 1. The summed E-state index contributed by atoms with van der Waals surface area (Å²) in [7, 11) is 0. The van der Waals surface area contributed by atoms with Crippen molar-refractivity contribution in [2.24, 2.45) is 0 Å². The van der Waals surface area contributed by atoms with Gasteiger partial charge in [0.05, 0.1) is 6.10 Å². The van der Waals surface area contributed by atoms with Crippen LogP contribution in [-0.2, 0) is 0 Å². The summed E-state index contributed by atoms with van der Waals surface area (Å²) in [5.74, 6) is 0.714. The lowest BCUT2D eigenvalue weighted by Crippen LogP contribution is -2.20. The van der Waals surface area contributed by atoms with Crippen molar-refractivity contribution in [1.29, 1.82) is 5.26 Å². The minimum atomic E-state index is -0.228. The summed E-state index contributed by atoms with van der Waals surface area (Å²) in [5, 5.41) is 21.0. The van der Waals surface area contributed by atoms with Gasteiger partial charge in [-0.3, -0.25) is 0 Å². The quantitative estimate of drug-likeness (QED) is 0.706. The molecule has 0 saturated heterocycles. The molecule has 0 heterocycles. The van der Waals surface area contributed by atoms with Crippen LogP contribution in [-0.4, -0.2) is 24.4 Å². The van der Waals surface area contributed by atoms with Crippen molar-refractivity contribution in [2.75, 3.05) is 13.2 Å². The smallest absolute Gasteiger partial charge is 0.174 e. The first kappa shape index (κ1) is 15.5. The molecular weight excluding hydrogens is 240 g/mol. The molecule has 19 heavy (non-hydrogen) atoms. The molecule has 0 saturated carbocycles. The van der Waals surface area contributed by atoms with Crippen LogP contribution >= 0.6 is 0 Å². The highest BCUT2D eigenvalue weighted by Gasteiger charge is 2.05. The Morgan fingerprint density at radius 2 is 2.00 bits per heavy atom. The van der Waals surface area contributed by atoms with Gasteiger partial charge in [0.15, 0.2) is 6.61 Å². The molecular formula is C15H22N2O2. The summed E-state index contributed by atoms with van der Waals surface area (Å²) in [5.41, 5.74) is 1.18. The van der Waals surface area contributed by atoms with Crippen LogP contribution in [0, 0.1) is 11.3 Å². The number of hydrogen-bond acceptors (Lipinski definition) is 4. The highest BCUT2D eigenvalue weighted by molar-refractivity contribution is 5.29. The third-order valence-electron chi connectivity index (χ3n) is 2.93. The number of rotatable bonds is 8. The molecule has 2 atom stereocenters. The molecule has 0 aliphatic rings. The average molecular weight is 262 g/mol. The number of benzene rings is 1. The fourth-order valence-electron chi connectivity index (χ4n) is 1.80. The minimum Gasteiger partial charge on any atom is -0.479 e. The Morgan fingerprint density at radius 1 is 1.32 bits per heavy atom. The molecule has 0 amide bonds. The Balaban J connectivity index is 2.36. The van der Waals surface area contributed by atoms with Crippen LogP contribution in [0.3, 0.4) is 0 Å². The second kappa shape index (κ2) is 8.52. The fourth-order valence-corrected chi connectivity index (χ4v) is 1.80. The van der Waals surface area contributed by atoms with Crippen LogP contribution in [0.2, 0.25) is 0 Å². The standard InChI is InChI=1S/C15H22N2O2/c1-12(18)4-3-10-17-13(2)14-5-7-15(8-6-14)19-11-9-16/h5-8,12-13,17-18H,3-4,10-11H2,1-2H3. The van der Waals surface area contributed by atoms with E-state index < -0.39 is 0 Å². The van der Waals surface area contributed by atoms with E-state index in [4.69, 9.17) is 10.00 Å². The Hall–Kier alpha value is -1.57. The fraction of sp³-hybridized carbons (Fsp3) is 0.533. The number of nitrogens with zero attached hydrogens (tertiary/aromatic N) is 1. The zero-order chi connectivity index (χ0) is 14.1. The topological polar surface area (TPSA) is 65.3 Å². The van der Waals surface area contributed by atoms with Crippen molar-refractivity contribution in [3.05, 3.63) is 29.8 Å². The largest absolute Gasteiger partial charge is 0.479 e. The molecule has 0 aliphatic heterocycles. The van der Waals surface area contributed by atoms with Gasteiger partial charge in [-0.05, 0) is 50.9 Å². The van der Waals surface area contributed by atoms with Crippen LogP contribution in [0.15, 0.2) is 24.3 Å². The maximum Gasteiger partial charge on any atom is 0.174 e. The molecule has 4 heteroatoms. The maximum absolute atomic E-state index is 9.17. The van der Waals surface area contributed by atoms with Crippen LogP contribution in [0.5, 0.6) is 5.75 Å². The third-order valence-corrected chi connectivity index (χ3v) is 2.93. The van der Waals surface area contributed by atoms with Gasteiger partial charge in [0.25, 0.3) is 0 Å². The van der Waals surface area contributed by atoms with Gasteiger partial charge in [-0.1, -0.05) is 12.1 Å². The molecule has 0 spiro atoms. The number of aliphatic hydroxyl groups excluding tert-OH is 1. The van der Waals surface area contributed by atoms with Crippen LogP contribution in [0.4, 0.5) is 0 Å². The molecule has 0 aliphatic carbocycles. The summed E-state index contributed by atoms with van der Waals surface area (Å²) in [4.78, 5) is 0. The molecule has 104 valence electrons. The summed E-state index contributed by atoms with van der Waals surface area (Å²) in [6.45, 7) is 4.88. The van der Waals surface area contributed by atoms with Crippen LogP contribution in [0.1, 0.15) is 38.3 Å². The Bertz CT molecular complexity index is 396. The molecule has 0 bridgehead atoms. The summed E-state index contributed by atoms with van der Waals surface area (Å²) < 4.78 is 5.21. The minimum absolute atomic E-state index is 0.0759. The normalized spacial score (nSPS) is 13.6. The average Bonchev–Trinajstić information content (AvgIpc) is 2.41. The monoisotopic (exact) mass is 262 g/mol. The highest BCUT2D eigenvalue weighted by atomic mass is 16.5. The second-order valence-corrected chi connectivity index (χ2v) is 4.68. The van der Waals surface area contributed by atoms with Crippen molar-refractivity contribution in [1.82, 2.24) is 5.32 Å². The van der Waals surface area contributed by atoms with Crippen LogP contribution < -0.4 is 10.1 Å². The molecule has 1 aromatic carbocycles. The van der Waals surface area contributed by atoms with Gasteiger partial charge in [-0.15, -0.1) is 0 Å². The van der Waals surface area contributed by atoms with E-state index in [9.17, 15) is 5.11 Å². The maximum atomic E-state index is 9.17.